The van der Waals surface area contributed by atoms with Crippen molar-refractivity contribution < 1.29 is 9.13 Å². The predicted molar refractivity (Wildman–Crippen MR) is 84.9 cm³/mol. The van der Waals surface area contributed by atoms with Crippen molar-refractivity contribution in [3.05, 3.63) is 53.8 Å². The molecule has 0 amide bonds. The second kappa shape index (κ2) is 6.59. The Hall–Kier alpha value is -2.07. The summed E-state index contributed by atoms with van der Waals surface area (Å²) in [7, 11) is 5.37. The number of rotatable bonds is 5. The molecule has 112 valence electrons. The number of methoxy groups -OCH3 is 1. The van der Waals surface area contributed by atoms with Crippen LogP contribution in [0.1, 0.15) is 18.5 Å². The molecule has 0 bridgehead atoms. The summed E-state index contributed by atoms with van der Waals surface area (Å²) in [6.45, 7) is 1.94. The van der Waals surface area contributed by atoms with Crippen molar-refractivity contribution in [2.75, 3.05) is 26.1 Å². The lowest BCUT2D eigenvalue weighted by molar-refractivity contribution is 0.415. The van der Waals surface area contributed by atoms with E-state index in [1.54, 1.807) is 13.2 Å². The van der Waals surface area contributed by atoms with Crippen LogP contribution in [0.5, 0.6) is 5.75 Å². The highest BCUT2D eigenvalue weighted by Gasteiger charge is 2.19. The van der Waals surface area contributed by atoms with Crippen LogP contribution in [0.3, 0.4) is 0 Å². The Kier molecular flexibility index (Phi) is 4.81. The molecule has 1 atom stereocenters. The van der Waals surface area contributed by atoms with Crippen LogP contribution >= 0.6 is 0 Å². The van der Waals surface area contributed by atoms with Crippen molar-refractivity contribution in [3.8, 4) is 5.75 Å². The molecule has 1 N–H and O–H groups in total. The molecule has 21 heavy (non-hydrogen) atoms. The fourth-order valence-electron chi connectivity index (χ4n) is 2.43. The molecule has 2 aromatic rings. The van der Waals surface area contributed by atoms with Gasteiger partial charge in [-0.15, -0.1) is 0 Å². The average Bonchev–Trinajstić information content (AvgIpc) is 2.53. The number of nitrogens with zero attached hydrogens (tertiary/aromatic N) is 1. The first-order valence-corrected chi connectivity index (χ1v) is 6.92. The minimum absolute atomic E-state index is 0.0849. The van der Waals surface area contributed by atoms with Gasteiger partial charge in [-0.25, -0.2) is 4.39 Å². The van der Waals surface area contributed by atoms with Gasteiger partial charge in [0, 0.05) is 24.3 Å². The van der Waals surface area contributed by atoms with Crippen molar-refractivity contribution in [3.63, 3.8) is 0 Å². The van der Waals surface area contributed by atoms with Crippen LogP contribution < -0.4 is 15.0 Å². The maximum atomic E-state index is 14.2. The lowest BCUT2D eigenvalue weighted by Crippen LogP contribution is -2.20. The molecule has 2 aromatic carbocycles. The van der Waals surface area contributed by atoms with E-state index in [0.29, 0.717) is 5.56 Å². The van der Waals surface area contributed by atoms with Crippen LogP contribution in [0, 0.1) is 5.82 Å². The quantitative estimate of drug-likeness (QED) is 0.903. The topological polar surface area (TPSA) is 24.5 Å². The molecule has 1 unspecified atom stereocenters. The van der Waals surface area contributed by atoms with Crippen molar-refractivity contribution in [2.24, 2.45) is 0 Å². The van der Waals surface area contributed by atoms with Crippen molar-refractivity contribution in [2.45, 2.75) is 13.0 Å². The number of halogens is 1. The smallest absolute Gasteiger partial charge is 0.142 e. The van der Waals surface area contributed by atoms with Crippen LogP contribution in [0.15, 0.2) is 42.5 Å². The Morgan fingerprint density at radius 1 is 1.10 bits per heavy atom. The summed E-state index contributed by atoms with van der Waals surface area (Å²) in [6, 6.07) is 12.7. The number of hydrogen-bond acceptors (Lipinski definition) is 3. The molecule has 3 nitrogen and oxygen atoms in total. The number of ether oxygens (including phenoxy) is 1. The summed E-state index contributed by atoms with van der Waals surface area (Å²) in [4.78, 5) is 1.95. The fraction of sp³-hybridized carbons (Fsp3) is 0.294. The van der Waals surface area contributed by atoms with Crippen LogP contribution in [0.2, 0.25) is 0 Å². The standard InChI is InChI=1S/C17H21FN2O/c1-12(19-2)17-13(18)8-7-10-15(17)20(3)14-9-5-6-11-16(14)21-4/h5-12,19H,1-4H3. The molecule has 0 aliphatic rings. The highest BCUT2D eigenvalue weighted by molar-refractivity contribution is 5.71. The van der Waals surface area contributed by atoms with Gasteiger partial charge in [0.25, 0.3) is 0 Å². The average molecular weight is 288 g/mol. The minimum atomic E-state index is -0.212. The Bertz CT molecular complexity index is 615. The molecular weight excluding hydrogens is 267 g/mol. The number of hydrogen-bond donors (Lipinski definition) is 1. The van der Waals surface area contributed by atoms with E-state index in [2.05, 4.69) is 5.32 Å². The summed E-state index contributed by atoms with van der Waals surface area (Å²) in [5.74, 6) is 0.545. The predicted octanol–water partition coefficient (Wildman–Crippen LogP) is 3.88. The molecule has 0 aliphatic heterocycles. The summed E-state index contributed by atoms with van der Waals surface area (Å²) >= 11 is 0. The van der Waals surface area contributed by atoms with Gasteiger partial charge in [0.1, 0.15) is 11.6 Å². The van der Waals surface area contributed by atoms with Gasteiger partial charge in [0.2, 0.25) is 0 Å². The first-order valence-electron chi connectivity index (χ1n) is 6.92. The second-order valence-electron chi connectivity index (χ2n) is 4.91. The Morgan fingerprint density at radius 3 is 2.43 bits per heavy atom. The maximum Gasteiger partial charge on any atom is 0.142 e. The number of nitrogens with one attached hydrogen (secondary N) is 1. The number of anilines is 2. The van der Waals surface area contributed by atoms with Gasteiger partial charge in [-0.1, -0.05) is 18.2 Å². The van der Waals surface area contributed by atoms with E-state index in [1.165, 1.54) is 6.07 Å². The van der Waals surface area contributed by atoms with Crippen LogP contribution in [-0.2, 0) is 0 Å². The van der Waals surface area contributed by atoms with Crippen LogP contribution in [0.4, 0.5) is 15.8 Å². The first-order chi connectivity index (χ1) is 10.1. The van der Waals surface area contributed by atoms with E-state index in [0.717, 1.165) is 17.1 Å². The molecule has 0 saturated heterocycles. The second-order valence-corrected chi connectivity index (χ2v) is 4.91. The van der Waals surface area contributed by atoms with E-state index in [9.17, 15) is 4.39 Å². The van der Waals surface area contributed by atoms with E-state index >= 15 is 0 Å². The summed E-state index contributed by atoms with van der Waals surface area (Å²) in [5.41, 5.74) is 2.37. The molecule has 0 radical (unpaired) electrons. The van der Waals surface area contributed by atoms with E-state index in [4.69, 9.17) is 4.74 Å². The minimum Gasteiger partial charge on any atom is -0.495 e. The van der Waals surface area contributed by atoms with E-state index in [-0.39, 0.29) is 11.9 Å². The molecular formula is C17H21FN2O. The van der Waals surface area contributed by atoms with Gasteiger partial charge in [0.15, 0.2) is 0 Å². The third kappa shape index (κ3) is 3.00. The fourth-order valence-corrected chi connectivity index (χ4v) is 2.43. The maximum absolute atomic E-state index is 14.2. The van der Waals surface area contributed by atoms with Crippen molar-refractivity contribution in [1.29, 1.82) is 0 Å². The van der Waals surface area contributed by atoms with Crippen molar-refractivity contribution in [1.82, 2.24) is 5.32 Å². The van der Waals surface area contributed by atoms with Crippen molar-refractivity contribution >= 4 is 11.4 Å². The third-order valence-electron chi connectivity index (χ3n) is 3.70. The number of para-hydroxylation sites is 2. The van der Waals surface area contributed by atoms with Gasteiger partial charge >= 0.3 is 0 Å². The van der Waals surface area contributed by atoms with Gasteiger partial charge in [-0.2, -0.15) is 0 Å². The molecule has 0 heterocycles. The van der Waals surface area contributed by atoms with Gasteiger partial charge in [-0.3, -0.25) is 0 Å². The lowest BCUT2D eigenvalue weighted by Gasteiger charge is -2.26. The van der Waals surface area contributed by atoms with Crippen LogP contribution in [0.25, 0.3) is 0 Å². The SMILES string of the molecule is CNC(C)c1c(F)cccc1N(C)c1ccccc1OC. The van der Waals surface area contributed by atoms with Crippen LogP contribution in [-0.4, -0.2) is 21.2 Å². The zero-order chi connectivity index (χ0) is 15.4. The van der Waals surface area contributed by atoms with Gasteiger partial charge in [0.05, 0.1) is 12.8 Å². The summed E-state index contributed by atoms with van der Waals surface area (Å²) in [6.07, 6.45) is 0. The Balaban J connectivity index is 2.53. The highest BCUT2D eigenvalue weighted by atomic mass is 19.1. The molecule has 4 heteroatoms. The lowest BCUT2D eigenvalue weighted by atomic mass is 10.0. The normalized spacial score (nSPS) is 12.0. The number of benzene rings is 2. The highest BCUT2D eigenvalue weighted by Crippen LogP contribution is 2.36. The third-order valence-corrected chi connectivity index (χ3v) is 3.70. The Morgan fingerprint density at radius 2 is 1.76 bits per heavy atom. The monoisotopic (exact) mass is 288 g/mol. The molecule has 0 saturated carbocycles. The Labute approximate surface area is 125 Å². The summed E-state index contributed by atoms with van der Waals surface area (Å²) < 4.78 is 19.6. The summed E-state index contributed by atoms with van der Waals surface area (Å²) in [5, 5.41) is 3.10. The molecule has 0 aliphatic carbocycles. The largest absolute Gasteiger partial charge is 0.495 e. The van der Waals surface area contributed by atoms with Gasteiger partial charge in [-0.05, 0) is 38.2 Å². The van der Waals surface area contributed by atoms with E-state index in [1.807, 2.05) is 56.3 Å². The molecule has 2 rings (SSSR count). The zero-order valence-electron chi connectivity index (χ0n) is 12.9. The molecule has 0 fully saturated rings. The zero-order valence-corrected chi connectivity index (χ0v) is 12.9. The van der Waals surface area contributed by atoms with E-state index < -0.39 is 0 Å². The first kappa shape index (κ1) is 15.3. The molecule has 0 aromatic heterocycles. The molecule has 0 spiro atoms. The van der Waals surface area contributed by atoms with Gasteiger partial charge < -0.3 is 15.0 Å².